The van der Waals surface area contributed by atoms with E-state index in [0.717, 1.165) is 0 Å². The molecule has 0 saturated carbocycles. The number of hydrogen-bond donors (Lipinski definition) is 1. The van der Waals surface area contributed by atoms with Crippen LogP contribution in [-0.4, -0.2) is 58.5 Å². The molecular weight excluding hydrogens is 514 g/mol. The van der Waals surface area contributed by atoms with Crippen LogP contribution in [0.3, 0.4) is 0 Å². The maximum absolute atomic E-state index is 16.5. The number of benzene rings is 2. The van der Waals surface area contributed by atoms with Crippen LogP contribution in [0.5, 0.6) is 5.75 Å². The van der Waals surface area contributed by atoms with Gasteiger partial charge < -0.3 is 19.9 Å². The fourth-order valence-electron chi connectivity index (χ4n) is 4.94. The first-order chi connectivity index (χ1) is 19.4. The number of amides is 1. The average Bonchev–Trinajstić information content (AvgIpc) is 2.97. The van der Waals surface area contributed by atoms with Gasteiger partial charge in [0.2, 0.25) is 5.91 Å². The van der Waals surface area contributed by atoms with E-state index in [0.29, 0.717) is 61.2 Å². The highest BCUT2D eigenvalue weighted by atomic mass is 19.1. The van der Waals surface area contributed by atoms with Crippen molar-refractivity contribution in [3.63, 3.8) is 0 Å². The van der Waals surface area contributed by atoms with E-state index in [1.165, 1.54) is 18.2 Å². The Morgan fingerprint density at radius 3 is 2.60 bits per heavy atom. The summed E-state index contributed by atoms with van der Waals surface area (Å²) in [5, 5.41) is 3.69. The van der Waals surface area contributed by atoms with Gasteiger partial charge >= 0.3 is 0 Å². The number of fused-ring (bicyclic) bond motifs is 1. The quantitative estimate of drug-likeness (QED) is 0.308. The molecule has 0 bridgehead atoms. The lowest BCUT2D eigenvalue weighted by molar-refractivity contribution is -0.126. The third-order valence-electron chi connectivity index (χ3n) is 6.84. The summed E-state index contributed by atoms with van der Waals surface area (Å²) in [6.07, 6.45) is 2.97. The molecule has 2 aromatic heterocycles. The number of nitrogens with one attached hydrogen (secondary N) is 1. The number of carbonyl (C=O) groups excluding carboxylic acids is 1. The number of nitrogens with zero attached hydrogens (tertiary/aromatic N) is 5. The molecule has 5 rings (SSSR count). The highest BCUT2D eigenvalue weighted by molar-refractivity contribution is 5.95. The van der Waals surface area contributed by atoms with Crippen molar-refractivity contribution in [3.8, 4) is 16.9 Å². The topological polar surface area (TPSA) is 83.5 Å². The lowest BCUT2D eigenvalue weighted by Gasteiger charge is -2.35. The molecule has 0 aliphatic carbocycles. The molecule has 1 aliphatic rings. The Bertz CT molecular complexity index is 1560. The molecule has 0 atom stereocenters. The number of anilines is 2. The molecule has 10 heteroatoms. The molecule has 2 aromatic carbocycles. The largest absolute Gasteiger partial charge is 0.493 e. The number of piperazine rings is 1. The molecule has 40 heavy (non-hydrogen) atoms. The molecule has 0 radical (unpaired) electrons. The fraction of sp³-hybridized carbons (Fsp3) is 0.267. The van der Waals surface area contributed by atoms with E-state index in [-0.39, 0.29) is 34.8 Å². The minimum atomic E-state index is -0.649. The van der Waals surface area contributed by atoms with Crippen molar-refractivity contribution in [2.75, 3.05) is 43.0 Å². The molecule has 1 fully saturated rings. The van der Waals surface area contributed by atoms with Crippen molar-refractivity contribution >= 4 is 28.4 Å². The van der Waals surface area contributed by atoms with Gasteiger partial charge in [-0.15, -0.1) is 0 Å². The van der Waals surface area contributed by atoms with E-state index in [2.05, 4.69) is 21.9 Å². The molecule has 1 N–H and O–H groups in total. The van der Waals surface area contributed by atoms with Crippen molar-refractivity contribution in [1.29, 1.82) is 0 Å². The summed E-state index contributed by atoms with van der Waals surface area (Å²) in [5.41, 5.74) is 0.773. The maximum Gasteiger partial charge on any atom is 0.246 e. The average molecular weight is 545 g/mol. The molecule has 8 nitrogen and oxygen atoms in total. The summed E-state index contributed by atoms with van der Waals surface area (Å²) in [5.74, 6) is 0.436. The van der Waals surface area contributed by atoms with Crippen molar-refractivity contribution in [2.45, 2.75) is 20.4 Å². The van der Waals surface area contributed by atoms with Crippen LogP contribution in [0.4, 0.5) is 20.4 Å². The summed E-state index contributed by atoms with van der Waals surface area (Å²) in [4.78, 5) is 29.5. The van der Waals surface area contributed by atoms with Gasteiger partial charge in [-0.2, -0.15) is 0 Å². The lowest BCUT2D eigenvalue weighted by Crippen LogP contribution is -2.48. The number of hydrogen-bond acceptors (Lipinski definition) is 7. The number of rotatable bonds is 8. The highest BCUT2D eigenvalue weighted by Crippen LogP contribution is 2.40. The van der Waals surface area contributed by atoms with E-state index < -0.39 is 11.6 Å². The van der Waals surface area contributed by atoms with Crippen molar-refractivity contribution in [2.24, 2.45) is 0 Å². The summed E-state index contributed by atoms with van der Waals surface area (Å²) in [6, 6.07) is 11.7. The van der Waals surface area contributed by atoms with Crippen LogP contribution < -0.4 is 15.0 Å². The number of carbonyl (C=O) groups is 1. The molecule has 0 spiro atoms. The number of ether oxygens (including phenoxy) is 1. The zero-order chi connectivity index (χ0) is 28.2. The summed E-state index contributed by atoms with van der Waals surface area (Å²) < 4.78 is 37.3. The number of aromatic nitrogens is 3. The second-order valence-electron chi connectivity index (χ2n) is 9.37. The molecule has 4 aromatic rings. The van der Waals surface area contributed by atoms with E-state index >= 15 is 8.78 Å². The van der Waals surface area contributed by atoms with E-state index in [1.807, 2.05) is 23.1 Å². The Labute approximate surface area is 231 Å². The van der Waals surface area contributed by atoms with Gasteiger partial charge in [-0.1, -0.05) is 18.7 Å². The van der Waals surface area contributed by atoms with Crippen LogP contribution in [0.25, 0.3) is 22.0 Å². The van der Waals surface area contributed by atoms with E-state index in [1.54, 1.807) is 37.1 Å². The summed E-state index contributed by atoms with van der Waals surface area (Å²) in [7, 11) is 0. The van der Waals surface area contributed by atoms with Crippen molar-refractivity contribution in [1.82, 2.24) is 19.9 Å². The SMILES string of the molecule is C=CC(=O)N1CCN(c2nc(CNc3ccccn3)nc3c(F)c(-c4c(F)cccc4OCC)c(C)cc23)CC1. The highest BCUT2D eigenvalue weighted by Gasteiger charge is 2.27. The van der Waals surface area contributed by atoms with Crippen molar-refractivity contribution < 1.29 is 18.3 Å². The molecule has 1 aliphatic heterocycles. The van der Waals surface area contributed by atoms with Crippen LogP contribution in [0.15, 0.2) is 61.3 Å². The van der Waals surface area contributed by atoms with Crippen LogP contribution in [0.2, 0.25) is 0 Å². The Morgan fingerprint density at radius 2 is 1.90 bits per heavy atom. The zero-order valence-electron chi connectivity index (χ0n) is 22.5. The number of halogens is 2. The molecule has 1 amide bonds. The van der Waals surface area contributed by atoms with Crippen molar-refractivity contribution in [3.05, 3.63) is 84.3 Å². The summed E-state index contributed by atoms with van der Waals surface area (Å²) >= 11 is 0. The molecule has 3 heterocycles. The van der Waals surface area contributed by atoms with Crippen LogP contribution in [0, 0.1) is 18.6 Å². The van der Waals surface area contributed by atoms with Crippen LogP contribution in [0.1, 0.15) is 18.3 Å². The Kier molecular flexibility index (Phi) is 7.86. The number of pyridine rings is 1. The first-order valence-corrected chi connectivity index (χ1v) is 13.1. The van der Waals surface area contributed by atoms with E-state index in [9.17, 15) is 4.79 Å². The van der Waals surface area contributed by atoms with Gasteiger partial charge in [0.15, 0.2) is 11.6 Å². The predicted octanol–water partition coefficient (Wildman–Crippen LogP) is 5.12. The van der Waals surface area contributed by atoms with Crippen LogP contribution >= 0.6 is 0 Å². The third kappa shape index (κ3) is 5.29. The molecular formula is C30H30F2N6O2. The molecule has 0 unspecified atom stereocenters. The normalized spacial score (nSPS) is 13.4. The van der Waals surface area contributed by atoms with Gasteiger partial charge in [-0.3, -0.25) is 4.79 Å². The third-order valence-corrected chi connectivity index (χ3v) is 6.84. The van der Waals surface area contributed by atoms with Gasteiger partial charge in [0.25, 0.3) is 0 Å². The molecule has 206 valence electrons. The minimum absolute atomic E-state index is 0.0612. The second kappa shape index (κ2) is 11.6. The van der Waals surface area contributed by atoms with Gasteiger partial charge in [0.1, 0.15) is 28.7 Å². The first-order valence-electron chi connectivity index (χ1n) is 13.1. The Morgan fingerprint density at radius 1 is 1.10 bits per heavy atom. The standard InChI is InChI=1S/C30H30F2N6O2/c1-4-25(39)37-13-15-38(16-14-37)30-20-17-19(3)26(27-21(31)9-8-10-22(27)40-5-2)28(32)29(20)35-24(36-30)18-34-23-11-6-7-12-33-23/h4,6-12,17H,1,5,13-16,18H2,2-3H3,(H,33,34). The van der Waals surface area contributed by atoms with Gasteiger partial charge in [0, 0.05) is 43.3 Å². The zero-order valence-corrected chi connectivity index (χ0v) is 22.5. The van der Waals surface area contributed by atoms with Gasteiger partial charge in [0.05, 0.1) is 18.7 Å². The smallest absolute Gasteiger partial charge is 0.246 e. The Hall–Kier alpha value is -4.60. The summed E-state index contributed by atoms with van der Waals surface area (Å²) in [6.45, 7) is 9.56. The van der Waals surface area contributed by atoms with Gasteiger partial charge in [-0.25, -0.2) is 23.7 Å². The molecule has 1 saturated heterocycles. The van der Waals surface area contributed by atoms with Crippen LogP contribution in [-0.2, 0) is 11.3 Å². The Balaban J connectivity index is 1.63. The fourth-order valence-corrected chi connectivity index (χ4v) is 4.94. The second-order valence-corrected chi connectivity index (χ2v) is 9.37. The number of aryl methyl sites for hydroxylation is 1. The first kappa shape index (κ1) is 27.0. The van der Waals surface area contributed by atoms with E-state index in [4.69, 9.17) is 9.72 Å². The lowest BCUT2D eigenvalue weighted by atomic mass is 9.96. The monoisotopic (exact) mass is 544 g/mol. The minimum Gasteiger partial charge on any atom is -0.493 e. The van der Waals surface area contributed by atoms with Gasteiger partial charge in [-0.05, 0) is 55.8 Å². The maximum atomic E-state index is 16.5. The predicted molar refractivity (Wildman–Crippen MR) is 151 cm³/mol.